The van der Waals surface area contributed by atoms with Gasteiger partial charge in [-0.3, -0.25) is 0 Å². The molecule has 0 nitrogen and oxygen atoms in total. The lowest BCUT2D eigenvalue weighted by Crippen LogP contribution is -1.61. The number of hydrogen-bond donors (Lipinski definition) is 0. The zero-order valence-electron chi connectivity index (χ0n) is 5.51. The fourth-order valence-corrected chi connectivity index (χ4v) is 0.762. The molecule has 0 heterocycles. The van der Waals surface area contributed by atoms with E-state index in [1.807, 2.05) is 12.2 Å². The van der Waals surface area contributed by atoms with Gasteiger partial charge in [-0.05, 0) is 25.3 Å². The summed E-state index contributed by atoms with van der Waals surface area (Å²) in [4.78, 5) is 0. The first-order valence-electron chi connectivity index (χ1n) is 3.38. The largest absolute Gasteiger partial charge is 0.0879 e. The Morgan fingerprint density at radius 1 is 1.00 bits per heavy atom. The van der Waals surface area contributed by atoms with Crippen molar-refractivity contribution in [2.45, 2.75) is 19.3 Å². The molecule has 0 atom stereocenters. The van der Waals surface area contributed by atoms with Crippen LogP contribution in [0.15, 0.2) is 30.4 Å². The van der Waals surface area contributed by atoms with Crippen molar-refractivity contribution in [3.05, 3.63) is 36.5 Å². The van der Waals surface area contributed by atoms with Crippen LogP contribution in [0.1, 0.15) is 19.3 Å². The van der Waals surface area contributed by atoms with Crippen molar-refractivity contribution in [1.82, 2.24) is 0 Å². The van der Waals surface area contributed by atoms with Gasteiger partial charge in [0.05, 0.1) is 0 Å². The van der Waals surface area contributed by atoms with E-state index < -0.39 is 0 Å². The maximum atomic E-state index is 3.07. The van der Waals surface area contributed by atoms with E-state index in [0.717, 1.165) is 12.8 Å². The second-order valence-corrected chi connectivity index (χ2v) is 2.06. The first-order valence-corrected chi connectivity index (χ1v) is 3.38. The van der Waals surface area contributed by atoms with Crippen LogP contribution >= 0.6 is 0 Å². The molecule has 0 spiro atoms. The molecule has 0 heteroatoms. The third-order valence-corrected chi connectivity index (χ3v) is 1.25. The van der Waals surface area contributed by atoms with Crippen molar-refractivity contribution >= 4 is 0 Å². The molecule has 0 amide bonds. The summed E-state index contributed by atoms with van der Waals surface area (Å²) in [5.74, 6) is 0. The molecule has 0 aromatic rings. The highest BCUT2D eigenvalue weighted by Gasteiger charge is 1.78. The Balaban J connectivity index is 2.43. The second kappa shape index (κ2) is 4.13. The topological polar surface area (TPSA) is 0 Å². The Morgan fingerprint density at radius 3 is 2.89 bits per heavy atom. The zero-order chi connectivity index (χ0) is 6.36. The van der Waals surface area contributed by atoms with E-state index in [1.165, 1.54) is 6.42 Å². The number of hydrogen-bond acceptors (Lipinski definition) is 0. The molecule has 47 valence electrons. The molecule has 0 unspecified atom stereocenters. The Morgan fingerprint density at radius 2 is 1.89 bits per heavy atom. The maximum Gasteiger partial charge on any atom is -0.0160 e. The smallest absolute Gasteiger partial charge is 0.0160 e. The third-order valence-electron chi connectivity index (χ3n) is 1.25. The van der Waals surface area contributed by atoms with Crippen molar-refractivity contribution in [1.29, 1.82) is 0 Å². The molecule has 0 aromatic heterocycles. The number of rotatable bonds is 0. The van der Waals surface area contributed by atoms with Crippen molar-refractivity contribution in [3.8, 4) is 0 Å². The van der Waals surface area contributed by atoms with Gasteiger partial charge in [-0.1, -0.05) is 30.4 Å². The average molecular weight is 119 g/mol. The van der Waals surface area contributed by atoms with Gasteiger partial charge in [0.25, 0.3) is 0 Å². The lowest BCUT2D eigenvalue weighted by atomic mass is 10.3. The van der Waals surface area contributed by atoms with E-state index >= 15 is 0 Å². The summed E-state index contributed by atoms with van der Waals surface area (Å²) in [6.07, 6.45) is 17.0. The quantitative estimate of drug-likeness (QED) is 0.430. The lowest BCUT2D eigenvalue weighted by Gasteiger charge is -1.81. The van der Waals surface area contributed by atoms with E-state index in [0.29, 0.717) is 0 Å². The van der Waals surface area contributed by atoms with Gasteiger partial charge in [0.1, 0.15) is 0 Å². The van der Waals surface area contributed by atoms with E-state index in [-0.39, 0.29) is 0 Å². The molecule has 9 heavy (non-hydrogen) atoms. The van der Waals surface area contributed by atoms with Crippen molar-refractivity contribution in [3.63, 3.8) is 0 Å². The highest BCUT2D eigenvalue weighted by molar-refractivity contribution is 5.01. The Hall–Kier alpha value is -0.780. The standard InChI is InChI=1S/C9H11/c1-2-4-6-8-9-7-5-3-1/h1-2,5,8-9H,3-4,6H2/b2-1-,7-5?,9-8-. The molecule has 1 radical (unpaired) electrons. The predicted molar refractivity (Wildman–Crippen MR) is 39.9 cm³/mol. The van der Waals surface area contributed by atoms with Crippen LogP contribution in [0.3, 0.4) is 0 Å². The minimum atomic E-state index is 1.03. The Kier molecular flexibility index (Phi) is 2.91. The van der Waals surface area contributed by atoms with Gasteiger partial charge in [-0.2, -0.15) is 0 Å². The molecule has 0 aromatic carbocycles. The normalized spacial score (nSPS) is 29.3. The average Bonchev–Trinajstić information content (AvgIpc) is 2.00. The van der Waals surface area contributed by atoms with Crippen LogP contribution in [0.25, 0.3) is 0 Å². The Labute approximate surface area is 56.6 Å². The van der Waals surface area contributed by atoms with Gasteiger partial charge in [0, 0.05) is 0 Å². The van der Waals surface area contributed by atoms with Gasteiger partial charge in [-0.15, -0.1) is 0 Å². The SMILES string of the molecule is [C]1=C/C/C=C\CC\C=C/1. The Bertz CT molecular complexity index is 138. The summed E-state index contributed by atoms with van der Waals surface area (Å²) in [7, 11) is 0. The van der Waals surface area contributed by atoms with E-state index in [2.05, 4.69) is 24.3 Å². The van der Waals surface area contributed by atoms with Gasteiger partial charge in [0.15, 0.2) is 0 Å². The van der Waals surface area contributed by atoms with E-state index in [4.69, 9.17) is 0 Å². The lowest BCUT2D eigenvalue weighted by molar-refractivity contribution is 1.05. The summed E-state index contributed by atoms with van der Waals surface area (Å²) in [6.45, 7) is 0. The van der Waals surface area contributed by atoms with Gasteiger partial charge >= 0.3 is 0 Å². The molecule has 0 fully saturated rings. The molecule has 0 N–H and O–H groups in total. The van der Waals surface area contributed by atoms with Crippen LogP contribution in [0.4, 0.5) is 0 Å². The number of allylic oxidation sites excluding steroid dienone is 6. The minimum Gasteiger partial charge on any atom is -0.0879 e. The van der Waals surface area contributed by atoms with Crippen LogP contribution < -0.4 is 0 Å². The fourth-order valence-electron chi connectivity index (χ4n) is 0.762. The maximum absolute atomic E-state index is 3.07. The molecule has 1 aliphatic carbocycles. The predicted octanol–water partition coefficient (Wildman–Crippen LogP) is 2.64. The van der Waals surface area contributed by atoms with Crippen LogP contribution in [-0.4, -0.2) is 0 Å². The van der Waals surface area contributed by atoms with Crippen LogP contribution in [0.2, 0.25) is 0 Å². The molecule has 0 aliphatic heterocycles. The molecule has 0 saturated heterocycles. The summed E-state index contributed by atoms with van der Waals surface area (Å²) >= 11 is 0. The summed E-state index contributed by atoms with van der Waals surface area (Å²) in [5, 5.41) is 0. The van der Waals surface area contributed by atoms with Crippen molar-refractivity contribution < 1.29 is 0 Å². The summed E-state index contributed by atoms with van der Waals surface area (Å²) in [6, 6.07) is 0. The fraction of sp³-hybridized carbons (Fsp3) is 0.333. The molecule has 1 aliphatic rings. The first-order chi connectivity index (χ1) is 4.50. The highest BCUT2D eigenvalue weighted by atomic mass is 13.8. The van der Waals surface area contributed by atoms with Crippen molar-refractivity contribution in [2.75, 3.05) is 0 Å². The highest BCUT2D eigenvalue weighted by Crippen LogP contribution is 1.97. The van der Waals surface area contributed by atoms with Gasteiger partial charge in [0.2, 0.25) is 0 Å². The third kappa shape index (κ3) is 2.91. The molecular formula is C9H11. The van der Waals surface area contributed by atoms with E-state index in [1.54, 1.807) is 0 Å². The van der Waals surface area contributed by atoms with Crippen LogP contribution in [-0.2, 0) is 0 Å². The first kappa shape index (κ1) is 6.34. The monoisotopic (exact) mass is 119 g/mol. The molecule has 0 bridgehead atoms. The van der Waals surface area contributed by atoms with Crippen LogP contribution in [0, 0.1) is 6.08 Å². The van der Waals surface area contributed by atoms with Gasteiger partial charge in [-0.25, -0.2) is 0 Å². The zero-order valence-corrected chi connectivity index (χ0v) is 5.51. The van der Waals surface area contributed by atoms with E-state index in [9.17, 15) is 0 Å². The molecular weight excluding hydrogens is 108 g/mol. The molecule has 0 saturated carbocycles. The minimum absolute atomic E-state index is 1.03. The van der Waals surface area contributed by atoms with Crippen molar-refractivity contribution in [2.24, 2.45) is 0 Å². The molecule has 1 rings (SSSR count). The second-order valence-electron chi connectivity index (χ2n) is 2.06. The summed E-state index contributed by atoms with van der Waals surface area (Å²) < 4.78 is 0. The van der Waals surface area contributed by atoms with Gasteiger partial charge < -0.3 is 0 Å². The summed E-state index contributed by atoms with van der Waals surface area (Å²) in [5.41, 5.74) is 0. The van der Waals surface area contributed by atoms with Crippen LogP contribution in [0.5, 0.6) is 0 Å².